The summed E-state index contributed by atoms with van der Waals surface area (Å²) in [6.45, 7) is 2.18. The standard InChI is InChI=1S/C18H19NS/c1-2-5-16(19)18-11-10-17(20-18)15-9-8-13-6-3-4-7-14(13)12-15/h3-4,6-12,16H,2,5,19H2,1H3. The molecule has 1 heterocycles. The Kier molecular flexibility index (Phi) is 3.86. The van der Waals surface area contributed by atoms with Crippen LogP contribution in [0, 0.1) is 0 Å². The Labute approximate surface area is 124 Å². The van der Waals surface area contributed by atoms with E-state index >= 15 is 0 Å². The third-order valence-corrected chi connectivity index (χ3v) is 4.89. The summed E-state index contributed by atoms with van der Waals surface area (Å²) in [4.78, 5) is 2.59. The van der Waals surface area contributed by atoms with Crippen molar-refractivity contribution in [3.8, 4) is 10.4 Å². The van der Waals surface area contributed by atoms with Crippen LogP contribution < -0.4 is 5.73 Å². The normalized spacial score (nSPS) is 12.7. The van der Waals surface area contributed by atoms with Crippen LogP contribution in [0.5, 0.6) is 0 Å². The lowest BCUT2D eigenvalue weighted by Gasteiger charge is -2.06. The first-order valence-electron chi connectivity index (χ1n) is 7.12. The molecule has 0 amide bonds. The Balaban J connectivity index is 1.94. The molecule has 0 aliphatic heterocycles. The molecule has 0 radical (unpaired) electrons. The first-order valence-corrected chi connectivity index (χ1v) is 7.94. The highest BCUT2D eigenvalue weighted by Gasteiger charge is 2.09. The van der Waals surface area contributed by atoms with Gasteiger partial charge in [0, 0.05) is 15.8 Å². The van der Waals surface area contributed by atoms with Crippen LogP contribution in [0.1, 0.15) is 30.7 Å². The maximum absolute atomic E-state index is 6.20. The van der Waals surface area contributed by atoms with Gasteiger partial charge in [-0.3, -0.25) is 0 Å². The number of rotatable bonds is 4. The minimum atomic E-state index is 0.180. The summed E-state index contributed by atoms with van der Waals surface area (Å²) in [6, 6.07) is 19.7. The molecule has 20 heavy (non-hydrogen) atoms. The molecule has 1 nitrogen and oxygen atoms in total. The highest BCUT2D eigenvalue weighted by molar-refractivity contribution is 7.15. The third-order valence-electron chi connectivity index (χ3n) is 3.63. The van der Waals surface area contributed by atoms with Crippen LogP contribution in [-0.2, 0) is 0 Å². The molecule has 1 atom stereocenters. The Morgan fingerprint density at radius 1 is 1.00 bits per heavy atom. The van der Waals surface area contributed by atoms with Crippen LogP contribution in [0.3, 0.4) is 0 Å². The summed E-state index contributed by atoms with van der Waals surface area (Å²) in [7, 11) is 0. The van der Waals surface area contributed by atoms with Gasteiger partial charge in [-0.15, -0.1) is 11.3 Å². The zero-order valence-electron chi connectivity index (χ0n) is 11.7. The third kappa shape index (κ3) is 2.62. The molecule has 102 valence electrons. The van der Waals surface area contributed by atoms with Crippen LogP contribution in [-0.4, -0.2) is 0 Å². The van der Waals surface area contributed by atoms with Crippen molar-refractivity contribution < 1.29 is 0 Å². The molecule has 0 aliphatic carbocycles. The maximum Gasteiger partial charge on any atom is 0.0389 e. The van der Waals surface area contributed by atoms with E-state index in [-0.39, 0.29) is 6.04 Å². The second kappa shape index (κ2) is 5.78. The van der Waals surface area contributed by atoms with Gasteiger partial charge >= 0.3 is 0 Å². The molecule has 0 saturated heterocycles. The van der Waals surface area contributed by atoms with E-state index in [0.717, 1.165) is 12.8 Å². The number of hydrogen-bond acceptors (Lipinski definition) is 2. The zero-order valence-corrected chi connectivity index (χ0v) is 12.5. The monoisotopic (exact) mass is 281 g/mol. The van der Waals surface area contributed by atoms with Gasteiger partial charge in [0.15, 0.2) is 0 Å². The lowest BCUT2D eigenvalue weighted by Crippen LogP contribution is -2.07. The van der Waals surface area contributed by atoms with Gasteiger partial charge in [-0.1, -0.05) is 49.7 Å². The fourth-order valence-corrected chi connectivity index (χ4v) is 3.54. The summed E-state index contributed by atoms with van der Waals surface area (Å²) in [5.41, 5.74) is 7.48. The van der Waals surface area contributed by atoms with Gasteiger partial charge in [0.1, 0.15) is 0 Å². The Bertz CT molecular complexity index is 714. The first-order chi connectivity index (χ1) is 9.78. The van der Waals surface area contributed by atoms with Gasteiger partial charge in [-0.05, 0) is 41.0 Å². The number of thiophene rings is 1. The number of fused-ring (bicyclic) bond motifs is 1. The molecule has 0 spiro atoms. The predicted molar refractivity (Wildman–Crippen MR) is 89.1 cm³/mol. The summed E-state index contributed by atoms with van der Waals surface area (Å²) in [5, 5.41) is 2.58. The van der Waals surface area contributed by atoms with Gasteiger partial charge < -0.3 is 5.73 Å². The maximum atomic E-state index is 6.20. The number of nitrogens with two attached hydrogens (primary N) is 1. The van der Waals surface area contributed by atoms with Crippen molar-refractivity contribution in [2.45, 2.75) is 25.8 Å². The topological polar surface area (TPSA) is 26.0 Å². The molecule has 0 aliphatic rings. The Hall–Kier alpha value is -1.64. The van der Waals surface area contributed by atoms with Crippen molar-refractivity contribution >= 4 is 22.1 Å². The van der Waals surface area contributed by atoms with Crippen LogP contribution in [0.2, 0.25) is 0 Å². The van der Waals surface area contributed by atoms with Crippen molar-refractivity contribution in [2.24, 2.45) is 5.73 Å². The quantitative estimate of drug-likeness (QED) is 0.683. The second-order valence-corrected chi connectivity index (χ2v) is 6.27. The van der Waals surface area contributed by atoms with E-state index in [1.165, 1.54) is 26.1 Å². The molecule has 2 heteroatoms. The van der Waals surface area contributed by atoms with Gasteiger partial charge in [0.05, 0.1) is 0 Å². The molecular weight excluding hydrogens is 262 g/mol. The van der Waals surface area contributed by atoms with E-state index in [1.807, 2.05) is 11.3 Å². The molecule has 0 bridgehead atoms. The van der Waals surface area contributed by atoms with E-state index in [1.54, 1.807) is 0 Å². The van der Waals surface area contributed by atoms with E-state index < -0.39 is 0 Å². The lowest BCUT2D eigenvalue weighted by atomic mass is 10.1. The molecular formula is C18H19NS. The minimum Gasteiger partial charge on any atom is -0.323 e. The number of benzene rings is 2. The molecule has 2 aromatic carbocycles. The van der Waals surface area contributed by atoms with Gasteiger partial charge in [0.2, 0.25) is 0 Å². The fraction of sp³-hybridized carbons (Fsp3) is 0.222. The SMILES string of the molecule is CCCC(N)c1ccc(-c2ccc3ccccc3c2)s1. The van der Waals surface area contributed by atoms with E-state index in [0.29, 0.717) is 0 Å². The Morgan fingerprint density at radius 2 is 1.80 bits per heavy atom. The summed E-state index contributed by atoms with van der Waals surface area (Å²) in [6.07, 6.45) is 2.18. The van der Waals surface area contributed by atoms with E-state index in [4.69, 9.17) is 5.73 Å². The van der Waals surface area contributed by atoms with Crippen molar-refractivity contribution in [1.82, 2.24) is 0 Å². The van der Waals surface area contributed by atoms with Gasteiger partial charge in [-0.25, -0.2) is 0 Å². The van der Waals surface area contributed by atoms with Crippen molar-refractivity contribution in [2.75, 3.05) is 0 Å². The van der Waals surface area contributed by atoms with E-state index in [9.17, 15) is 0 Å². The fourth-order valence-electron chi connectivity index (χ4n) is 2.50. The lowest BCUT2D eigenvalue weighted by molar-refractivity contribution is 0.648. The molecule has 2 N–H and O–H groups in total. The average Bonchev–Trinajstić information content (AvgIpc) is 2.97. The van der Waals surface area contributed by atoms with Gasteiger partial charge in [-0.2, -0.15) is 0 Å². The van der Waals surface area contributed by atoms with Crippen LogP contribution in [0.25, 0.3) is 21.2 Å². The van der Waals surface area contributed by atoms with Crippen LogP contribution >= 0.6 is 11.3 Å². The first kappa shape index (κ1) is 13.3. The summed E-state index contributed by atoms with van der Waals surface area (Å²) < 4.78 is 0. The summed E-state index contributed by atoms with van der Waals surface area (Å²) >= 11 is 1.82. The molecule has 1 unspecified atom stereocenters. The highest BCUT2D eigenvalue weighted by atomic mass is 32.1. The molecule has 3 aromatic rings. The van der Waals surface area contributed by atoms with Crippen molar-refractivity contribution in [3.63, 3.8) is 0 Å². The van der Waals surface area contributed by atoms with E-state index in [2.05, 4.69) is 61.5 Å². The molecule has 1 aromatic heterocycles. The molecule has 3 rings (SSSR count). The van der Waals surface area contributed by atoms with Gasteiger partial charge in [0.25, 0.3) is 0 Å². The molecule has 0 saturated carbocycles. The second-order valence-electron chi connectivity index (χ2n) is 5.16. The number of hydrogen-bond donors (Lipinski definition) is 1. The average molecular weight is 281 g/mol. The van der Waals surface area contributed by atoms with Crippen LogP contribution in [0.15, 0.2) is 54.6 Å². The summed E-state index contributed by atoms with van der Waals surface area (Å²) in [5.74, 6) is 0. The highest BCUT2D eigenvalue weighted by Crippen LogP contribution is 2.33. The van der Waals surface area contributed by atoms with Crippen molar-refractivity contribution in [3.05, 3.63) is 59.5 Å². The minimum absolute atomic E-state index is 0.180. The largest absolute Gasteiger partial charge is 0.323 e. The van der Waals surface area contributed by atoms with Crippen molar-refractivity contribution in [1.29, 1.82) is 0 Å². The Morgan fingerprint density at radius 3 is 2.60 bits per heavy atom. The molecule has 0 fully saturated rings. The smallest absolute Gasteiger partial charge is 0.0389 e. The van der Waals surface area contributed by atoms with Crippen LogP contribution in [0.4, 0.5) is 0 Å². The zero-order chi connectivity index (χ0) is 13.9. The predicted octanol–water partition coefficient (Wildman–Crippen LogP) is 5.37.